The van der Waals surface area contributed by atoms with Gasteiger partial charge in [0, 0.05) is 22.0 Å². The number of aromatic nitrogens is 6. The quantitative estimate of drug-likeness (QED) is 0.354. The molecule has 0 aliphatic heterocycles. The lowest BCUT2D eigenvalue weighted by molar-refractivity contribution is 0.393. The van der Waals surface area contributed by atoms with Gasteiger partial charge in [0.1, 0.15) is 34.6 Å². The molecule has 174 valence electrons. The van der Waals surface area contributed by atoms with Crippen LogP contribution in [0.15, 0.2) is 16.7 Å². The van der Waals surface area contributed by atoms with Crippen molar-refractivity contribution in [3.8, 4) is 16.9 Å². The van der Waals surface area contributed by atoms with Gasteiger partial charge in [-0.15, -0.1) is 0 Å². The summed E-state index contributed by atoms with van der Waals surface area (Å²) in [4.78, 5) is 13.0. The van der Waals surface area contributed by atoms with Crippen molar-refractivity contribution < 1.29 is 9.26 Å². The number of nitrogens with zero attached hydrogens (tertiary/aromatic N) is 5. The lowest BCUT2D eigenvalue weighted by Gasteiger charge is -2.12. The third kappa shape index (κ3) is 3.07. The molecule has 5 aromatic rings. The molecule has 0 bridgehead atoms. The van der Waals surface area contributed by atoms with Crippen molar-refractivity contribution in [2.45, 2.75) is 53.5 Å². The van der Waals surface area contributed by atoms with E-state index in [0.29, 0.717) is 11.9 Å². The Morgan fingerprint density at radius 1 is 1.09 bits per heavy atom. The summed E-state index contributed by atoms with van der Waals surface area (Å²) in [6.07, 6.45) is 2.31. The number of nitrogens with one attached hydrogen (secondary N) is 2. The Labute approximate surface area is 196 Å². The summed E-state index contributed by atoms with van der Waals surface area (Å²) < 4.78 is 13.3. The van der Waals surface area contributed by atoms with Crippen molar-refractivity contribution in [3.05, 3.63) is 40.7 Å². The molecule has 9 nitrogen and oxygen atoms in total. The van der Waals surface area contributed by atoms with Gasteiger partial charge in [0.25, 0.3) is 0 Å². The molecule has 9 heteroatoms. The van der Waals surface area contributed by atoms with Crippen LogP contribution in [-0.2, 0) is 0 Å². The lowest BCUT2D eigenvalue weighted by atomic mass is 10.0. The molecule has 1 saturated carbocycles. The number of hydrogen-bond donors (Lipinski definition) is 2. The normalized spacial score (nSPS) is 13.8. The smallest absolute Gasteiger partial charge is 0.145 e. The van der Waals surface area contributed by atoms with E-state index in [4.69, 9.17) is 24.3 Å². The molecule has 1 fully saturated rings. The van der Waals surface area contributed by atoms with Gasteiger partial charge < -0.3 is 19.6 Å². The van der Waals surface area contributed by atoms with Crippen LogP contribution in [0.4, 0.5) is 11.6 Å². The molecule has 0 amide bonds. The molecule has 0 saturated heterocycles. The molecule has 4 heterocycles. The number of methoxy groups -OCH3 is 1. The highest BCUT2D eigenvalue weighted by atomic mass is 16.5. The van der Waals surface area contributed by atoms with Crippen molar-refractivity contribution in [3.63, 3.8) is 0 Å². The summed E-state index contributed by atoms with van der Waals surface area (Å²) in [5.41, 5.74) is 6.57. The molecule has 0 radical (unpaired) electrons. The summed E-state index contributed by atoms with van der Waals surface area (Å²) >= 11 is 0. The van der Waals surface area contributed by atoms with Crippen LogP contribution in [0.3, 0.4) is 0 Å². The summed E-state index contributed by atoms with van der Waals surface area (Å²) in [6.45, 7) is 9.90. The highest BCUT2D eigenvalue weighted by molar-refractivity contribution is 6.13. The molecular formula is C25H27N7O2. The van der Waals surface area contributed by atoms with Crippen LogP contribution in [0.2, 0.25) is 0 Å². The van der Waals surface area contributed by atoms with Crippen LogP contribution in [0.25, 0.3) is 33.1 Å². The maximum absolute atomic E-state index is 5.81. The van der Waals surface area contributed by atoms with Gasteiger partial charge in [0.2, 0.25) is 0 Å². The van der Waals surface area contributed by atoms with E-state index < -0.39 is 0 Å². The Hall–Kier alpha value is -3.88. The van der Waals surface area contributed by atoms with E-state index in [1.165, 1.54) is 0 Å². The monoisotopic (exact) mass is 457 g/mol. The van der Waals surface area contributed by atoms with Crippen LogP contribution >= 0.6 is 0 Å². The molecule has 6 rings (SSSR count). The topological polar surface area (TPSA) is 107 Å². The first-order chi connectivity index (χ1) is 16.4. The second-order valence-electron chi connectivity index (χ2n) is 9.13. The highest BCUT2D eigenvalue weighted by Gasteiger charge is 2.29. The second kappa shape index (κ2) is 7.31. The molecule has 34 heavy (non-hydrogen) atoms. The summed E-state index contributed by atoms with van der Waals surface area (Å²) in [5.74, 6) is 3.93. The minimum atomic E-state index is 0.453. The molecule has 0 atom stereocenters. The molecule has 1 aromatic carbocycles. The van der Waals surface area contributed by atoms with Gasteiger partial charge in [-0.3, -0.25) is 0 Å². The van der Waals surface area contributed by atoms with Crippen molar-refractivity contribution in [1.82, 2.24) is 29.9 Å². The van der Waals surface area contributed by atoms with Crippen molar-refractivity contribution in [1.29, 1.82) is 0 Å². The van der Waals surface area contributed by atoms with Crippen LogP contribution in [-0.4, -0.2) is 37.0 Å². The minimum Gasteiger partial charge on any atom is -0.496 e. The molecule has 4 aromatic heterocycles. The first-order valence-corrected chi connectivity index (χ1v) is 11.5. The fourth-order valence-electron chi connectivity index (χ4n) is 4.73. The summed E-state index contributed by atoms with van der Waals surface area (Å²) in [5, 5.41) is 14.4. The number of hydrogen-bond acceptors (Lipinski definition) is 7. The summed E-state index contributed by atoms with van der Waals surface area (Å²) in [6, 6.07) is 4.56. The number of aromatic amines is 1. The number of benzene rings is 1. The molecule has 0 spiro atoms. The Balaban J connectivity index is 1.58. The van der Waals surface area contributed by atoms with Crippen LogP contribution in [0, 0.1) is 34.6 Å². The Kier molecular flexibility index (Phi) is 4.45. The number of aryl methyl sites for hydroxylation is 4. The third-order valence-electron chi connectivity index (χ3n) is 6.70. The van der Waals surface area contributed by atoms with Gasteiger partial charge in [-0.2, -0.15) is 5.10 Å². The largest absolute Gasteiger partial charge is 0.496 e. The van der Waals surface area contributed by atoms with E-state index in [1.54, 1.807) is 7.11 Å². The zero-order chi connectivity index (χ0) is 23.7. The van der Waals surface area contributed by atoms with E-state index in [1.807, 2.05) is 33.8 Å². The van der Waals surface area contributed by atoms with Gasteiger partial charge in [-0.05, 0) is 59.6 Å². The number of H-pyrrole nitrogens is 1. The van der Waals surface area contributed by atoms with Crippen LogP contribution < -0.4 is 10.1 Å². The first kappa shape index (κ1) is 20.7. The van der Waals surface area contributed by atoms with E-state index >= 15 is 0 Å². The van der Waals surface area contributed by atoms with Gasteiger partial charge >= 0.3 is 0 Å². The standard InChI is InChI=1S/C25H27N7O2/c1-11-12(2)30-32(16-7-8-16)25(11)29-24-22-17-10-20(33-6)18(21-13(3)31-34-14(21)4)9-19(17)28-23(22)26-15(5)27-24/h9-10,16H,7-8H2,1-6H3,(H2,26,27,28,29). The Morgan fingerprint density at radius 3 is 2.56 bits per heavy atom. The van der Waals surface area contributed by atoms with Crippen molar-refractivity contribution in [2.75, 3.05) is 12.4 Å². The minimum absolute atomic E-state index is 0.453. The number of fused-ring (bicyclic) bond motifs is 3. The average Bonchev–Trinajstić information content (AvgIpc) is 3.43. The molecule has 0 unspecified atom stereocenters. The molecule has 1 aliphatic carbocycles. The van der Waals surface area contributed by atoms with Gasteiger partial charge in [0.15, 0.2) is 0 Å². The van der Waals surface area contributed by atoms with E-state index in [9.17, 15) is 0 Å². The summed E-state index contributed by atoms with van der Waals surface area (Å²) in [7, 11) is 1.68. The zero-order valence-corrected chi connectivity index (χ0v) is 20.2. The number of rotatable bonds is 5. The number of anilines is 2. The molecular weight excluding hydrogens is 430 g/mol. The van der Waals surface area contributed by atoms with Gasteiger partial charge in [-0.25, -0.2) is 14.6 Å². The van der Waals surface area contributed by atoms with E-state index in [0.717, 1.165) is 86.0 Å². The predicted octanol–water partition coefficient (Wildman–Crippen LogP) is 5.59. The second-order valence-corrected chi connectivity index (χ2v) is 9.13. The SMILES string of the molecule is COc1cc2c(cc1-c1c(C)noc1C)[nH]c1nc(C)nc(Nc3c(C)c(C)nn3C3CC3)c12. The van der Waals surface area contributed by atoms with E-state index in [2.05, 4.69) is 33.1 Å². The fraction of sp³-hybridized carbons (Fsp3) is 0.360. The maximum Gasteiger partial charge on any atom is 0.145 e. The highest BCUT2D eigenvalue weighted by Crippen LogP contribution is 2.42. The fourth-order valence-corrected chi connectivity index (χ4v) is 4.73. The van der Waals surface area contributed by atoms with Crippen molar-refractivity contribution in [2.24, 2.45) is 0 Å². The predicted molar refractivity (Wildman–Crippen MR) is 131 cm³/mol. The maximum atomic E-state index is 5.81. The Morgan fingerprint density at radius 2 is 1.88 bits per heavy atom. The van der Waals surface area contributed by atoms with E-state index in [-0.39, 0.29) is 0 Å². The lowest BCUT2D eigenvalue weighted by Crippen LogP contribution is -2.06. The molecule has 1 aliphatic rings. The van der Waals surface area contributed by atoms with Crippen LogP contribution in [0.1, 0.15) is 47.4 Å². The Bertz CT molecular complexity index is 1570. The van der Waals surface area contributed by atoms with Crippen LogP contribution in [0.5, 0.6) is 5.75 Å². The van der Waals surface area contributed by atoms with Gasteiger partial charge in [0.05, 0.1) is 35.5 Å². The average molecular weight is 458 g/mol. The van der Waals surface area contributed by atoms with Gasteiger partial charge in [-0.1, -0.05) is 5.16 Å². The first-order valence-electron chi connectivity index (χ1n) is 11.5. The zero-order valence-electron chi connectivity index (χ0n) is 20.2. The van der Waals surface area contributed by atoms with Crippen molar-refractivity contribution >= 4 is 33.6 Å². The number of ether oxygens (including phenoxy) is 1. The molecule has 2 N–H and O–H groups in total. The third-order valence-corrected chi connectivity index (χ3v) is 6.70.